The third kappa shape index (κ3) is 1.73. The Hall–Kier alpha value is -0.710. The topological polar surface area (TPSA) is 32.3 Å². The molecule has 1 N–H and O–H groups in total. The minimum atomic E-state index is -2.28. The van der Waals surface area contributed by atoms with Gasteiger partial charge in [0.05, 0.1) is 5.92 Å². The molecule has 0 unspecified atom stereocenters. The number of amides is 1. The molecular formula is C9H14F2N2O. The SMILES string of the molecule is O=C(C1CNC1)N1CC[C@@H](C(F)F)C1. The first-order valence-electron chi connectivity index (χ1n) is 4.96. The van der Waals surface area contributed by atoms with Gasteiger partial charge in [-0.15, -0.1) is 0 Å². The zero-order chi connectivity index (χ0) is 10.1. The summed E-state index contributed by atoms with van der Waals surface area (Å²) >= 11 is 0. The first-order chi connectivity index (χ1) is 6.68. The second-order valence-electron chi connectivity index (χ2n) is 4.02. The number of carbonyl (C=O) groups is 1. The molecule has 2 aliphatic heterocycles. The Morgan fingerprint density at radius 3 is 2.57 bits per heavy atom. The van der Waals surface area contributed by atoms with Crippen molar-refractivity contribution in [1.82, 2.24) is 10.2 Å². The monoisotopic (exact) mass is 204 g/mol. The third-order valence-electron chi connectivity index (χ3n) is 3.02. The van der Waals surface area contributed by atoms with E-state index in [0.717, 1.165) is 0 Å². The van der Waals surface area contributed by atoms with Gasteiger partial charge >= 0.3 is 0 Å². The van der Waals surface area contributed by atoms with E-state index in [1.165, 1.54) is 0 Å². The molecule has 0 aromatic rings. The number of alkyl halides is 2. The highest BCUT2D eigenvalue weighted by Crippen LogP contribution is 2.24. The van der Waals surface area contributed by atoms with Crippen molar-refractivity contribution in [3.05, 3.63) is 0 Å². The normalized spacial score (nSPS) is 28.2. The molecule has 0 aromatic carbocycles. The number of likely N-dealkylation sites (tertiary alicyclic amines) is 1. The lowest BCUT2D eigenvalue weighted by Crippen LogP contribution is -2.51. The lowest BCUT2D eigenvalue weighted by molar-refractivity contribution is -0.136. The first-order valence-corrected chi connectivity index (χ1v) is 4.96. The van der Waals surface area contributed by atoms with Gasteiger partial charge in [-0.1, -0.05) is 0 Å². The zero-order valence-electron chi connectivity index (χ0n) is 7.88. The highest BCUT2D eigenvalue weighted by atomic mass is 19.3. The van der Waals surface area contributed by atoms with Crippen LogP contribution in [0.3, 0.4) is 0 Å². The maximum absolute atomic E-state index is 12.3. The van der Waals surface area contributed by atoms with Crippen LogP contribution in [0.1, 0.15) is 6.42 Å². The van der Waals surface area contributed by atoms with Gasteiger partial charge < -0.3 is 10.2 Å². The van der Waals surface area contributed by atoms with E-state index in [1.54, 1.807) is 4.90 Å². The number of hydrogen-bond donors (Lipinski definition) is 1. The van der Waals surface area contributed by atoms with Crippen LogP contribution in [0.2, 0.25) is 0 Å². The number of carbonyl (C=O) groups excluding carboxylic acids is 1. The lowest BCUT2D eigenvalue weighted by atomic mass is 10.0. The number of nitrogens with one attached hydrogen (secondary N) is 1. The van der Waals surface area contributed by atoms with E-state index in [4.69, 9.17) is 0 Å². The van der Waals surface area contributed by atoms with E-state index in [0.29, 0.717) is 26.1 Å². The smallest absolute Gasteiger partial charge is 0.243 e. The summed E-state index contributed by atoms with van der Waals surface area (Å²) < 4.78 is 24.6. The molecule has 5 heteroatoms. The average Bonchev–Trinajstić information content (AvgIpc) is 2.48. The van der Waals surface area contributed by atoms with Crippen LogP contribution < -0.4 is 5.32 Å². The van der Waals surface area contributed by atoms with Crippen molar-refractivity contribution in [3.8, 4) is 0 Å². The van der Waals surface area contributed by atoms with E-state index in [1.807, 2.05) is 0 Å². The maximum Gasteiger partial charge on any atom is 0.243 e. The molecule has 1 amide bonds. The largest absolute Gasteiger partial charge is 0.342 e. The number of nitrogens with zero attached hydrogens (tertiary/aromatic N) is 1. The van der Waals surface area contributed by atoms with Gasteiger partial charge in [-0.2, -0.15) is 0 Å². The summed E-state index contributed by atoms with van der Waals surface area (Å²) in [5.41, 5.74) is 0. The second kappa shape index (κ2) is 3.81. The van der Waals surface area contributed by atoms with Crippen molar-refractivity contribution >= 4 is 5.91 Å². The van der Waals surface area contributed by atoms with Gasteiger partial charge in [0.1, 0.15) is 0 Å². The highest BCUT2D eigenvalue weighted by Gasteiger charge is 2.36. The zero-order valence-corrected chi connectivity index (χ0v) is 7.88. The lowest BCUT2D eigenvalue weighted by Gasteiger charge is -2.30. The van der Waals surface area contributed by atoms with Crippen LogP contribution in [0.25, 0.3) is 0 Å². The van der Waals surface area contributed by atoms with Gasteiger partial charge in [0.2, 0.25) is 12.3 Å². The molecule has 3 nitrogen and oxygen atoms in total. The van der Waals surface area contributed by atoms with E-state index in [-0.39, 0.29) is 18.4 Å². The van der Waals surface area contributed by atoms with Gasteiger partial charge in [0.25, 0.3) is 0 Å². The van der Waals surface area contributed by atoms with Crippen molar-refractivity contribution in [2.45, 2.75) is 12.8 Å². The van der Waals surface area contributed by atoms with Crippen LogP contribution >= 0.6 is 0 Å². The Morgan fingerprint density at radius 2 is 2.14 bits per heavy atom. The fourth-order valence-corrected chi connectivity index (χ4v) is 1.91. The number of rotatable bonds is 2. The molecule has 2 heterocycles. The molecule has 0 aliphatic carbocycles. The van der Waals surface area contributed by atoms with Gasteiger partial charge in [-0.3, -0.25) is 4.79 Å². The fraction of sp³-hybridized carbons (Fsp3) is 0.889. The van der Waals surface area contributed by atoms with Crippen LogP contribution in [0, 0.1) is 11.8 Å². The summed E-state index contributed by atoms with van der Waals surface area (Å²) in [6, 6.07) is 0. The molecule has 0 saturated carbocycles. The van der Waals surface area contributed by atoms with Crippen LogP contribution in [0.15, 0.2) is 0 Å². The van der Waals surface area contributed by atoms with Crippen molar-refractivity contribution in [1.29, 1.82) is 0 Å². The molecule has 0 radical (unpaired) electrons. The summed E-state index contributed by atoms with van der Waals surface area (Å²) in [6.07, 6.45) is -1.84. The Morgan fingerprint density at radius 1 is 1.43 bits per heavy atom. The summed E-state index contributed by atoms with van der Waals surface area (Å²) in [7, 11) is 0. The van der Waals surface area contributed by atoms with Gasteiger partial charge in [-0.25, -0.2) is 8.78 Å². The summed E-state index contributed by atoms with van der Waals surface area (Å²) in [4.78, 5) is 13.2. The molecule has 0 bridgehead atoms. The minimum Gasteiger partial charge on any atom is -0.342 e. The highest BCUT2D eigenvalue weighted by molar-refractivity contribution is 5.80. The van der Waals surface area contributed by atoms with Gasteiger partial charge in [0.15, 0.2) is 0 Å². The summed E-state index contributed by atoms with van der Waals surface area (Å²) in [5, 5.41) is 3.00. The van der Waals surface area contributed by atoms with E-state index < -0.39 is 12.3 Å². The molecule has 80 valence electrons. The standard InChI is InChI=1S/C9H14F2N2O/c10-8(11)6-1-2-13(5-6)9(14)7-3-12-4-7/h6-8,12H,1-5H2/t6-/m1/s1. The van der Waals surface area contributed by atoms with Crippen LogP contribution in [-0.4, -0.2) is 43.4 Å². The predicted molar refractivity (Wildman–Crippen MR) is 47.1 cm³/mol. The molecule has 14 heavy (non-hydrogen) atoms. The van der Waals surface area contributed by atoms with Crippen LogP contribution in [-0.2, 0) is 4.79 Å². The molecule has 2 rings (SSSR count). The van der Waals surface area contributed by atoms with Crippen molar-refractivity contribution < 1.29 is 13.6 Å². The quantitative estimate of drug-likeness (QED) is 0.702. The summed E-state index contributed by atoms with van der Waals surface area (Å²) in [6.45, 7) is 2.15. The average molecular weight is 204 g/mol. The van der Waals surface area contributed by atoms with Crippen LogP contribution in [0.4, 0.5) is 8.78 Å². The van der Waals surface area contributed by atoms with Crippen molar-refractivity contribution in [2.75, 3.05) is 26.2 Å². The molecule has 2 saturated heterocycles. The van der Waals surface area contributed by atoms with Gasteiger partial charge in [-0.05, 0) is 6.42 Å². The molecular weight excluding hydrogens is 190 g/mol. The first kappa shape index (κ1) is 9.83. The predicted octanol–water partition coefficient (Wildman–Crippen LogP) is 0.319. The maximum atomic E-state index is 12.3. The molecule has 0 aromatic heterocycles. The van der Waals surface area contributed by atoms with Gasteiger partial charge in [0, 0.05) is 32.1 Å². The minimum absolute atomic E-state index is 0.0337. The molecule has 1 atom stereocenters. The molecule has 2 fully saturated rings. The summed E-state index contributed by atoms with van der Waals surface area (Å²) in [5.74, 6) is -0.523. The number of hydrogen-bond acceptors (Lipinski definition) is 2. The van der Waals surface area contributed by atoms with Crippen LogP contribution in [0.5, 0.6) is 0 Å². The van der Waals surface area contributed by atoms with Crippen molar-refractivity contribution in [3.63, 3.8) is 0 Å². The second-order valence-corrected chi connectivity index (χ2v) is 4.02. The Labute approximate surface area is 81.4 Å². The Bertz CT molecular complexity index is 231. The Balaban J connectivity index is 1.85. The number of halogens is 2. The van der Waals surface area contributed by atoms with E-state index in [2.05, 4.69) is 5.32 Å². The third-order valence-corrected chi connectivity index (χ3v) is 3.02. The Kier molecular flexibility index (Phi) is 2.67. The fourth-order valence-electron chi connectivity index (χ4n) is 1.91. The van der Waals surface area contributed by atoms with Crippen molar-refractivity contribution in [2.24, 2.45) is 11.8 Å². The van der Waals surface area contributed by atoms with E-state index >= 15 is 0 Å². The van der Waals surface area contributed by atoms with E-state index in [9.17, 15) is 13.6 Å². The molecule has 2 aliphatic rings. The molecule has 0 spiro atoms.